The van der Waals surface area contributed by atoms with Crippen LogP contribution in [0.2, 0.25) is 0 Å². The van der Waals surface area contributed by atoms with Gasteiger partial charge in [0, 0.05) is 25.5 Å². The van der Waals surface area contributed by atoms with E-state index in [1.807, 2.05) is 0 Å². The van der Waals surface area contributed by atoms with Crippen LogP contribution in [0.15, 0.2) is 57.6 Å². The fourth-order valence-corrected chi connectivity index (χ4v) is 2.37. The first-order valence-corrected chi connectivity index (χ1v) is 7.77. The van der Waals surface area contributed by atoms with Gasteiger partial charge in [-0.15, -0.1) is 5.11 Å². The molecule has 0 heterocycles. The summed E-state index contributed by atoms with van der Waals surface area (Å²) in [5.41, 5.74) is 7.37. The van der Waals surface area contributed by atoms with Gasteiger partial charge in [0.25, 0.3) is 10.1 Å². The SMILES string of the molecule is CN(C)c1ccc(N=Nc2ccc(N)cc2)c(S(=O)(=O)O)c1. The molecule has 0 unspecified atom stereocenters. The molecular formula is C14H16N4O3S. The molecule has 0 fully saturated rings. The molecule has 0 atom stereocenters. The Labute approximate surface area is 128 Å². The second-order valence-electron chi connectivity index (χ2n) is 4.81. The number of rotatable bonds is 4. The van der Waals surface area contributed by atoms with Gasteiger partial charge >= 0.3 is 0 Å². The van der Waals surface area contributed by atoms with Gasteiger partial charge < -0.3 is 10.6 Å². The number of azo groups is 1. The Kier molecular flexibility index (Phi) is 4.43. The molecule has 2 aromatic carbocycles. The maximum absolute atomic E-state index is 11.5. The van der Waals surface area contributed by atoms with E-state index in [0.717, 1.165) is 0 Å². The third-order valence-electron chi connectivity index (χ3n) is 2.90. The molecule has 0 aliphatic carbocycles. The molecule has 116 valence electrons. The summed E-state index contributed by atoms with van der Waals surface area (Å²) in [5, 5.41) is 7.85. The van der Waals surface area contributed by atoms with Gasteiger partial charge in [0.05, 0.1) is 5.69 Å². The molecule has 0 saturated carbocycles. The zero-order chi connectivity index (χ0) is 16.3. The van der Waals surface area contributed by atoms with E-state index in [1.54, 1.807) is 49.3 Å². The minimum atomic E-state index is -4.40. The normalized spacial score (nSPS) is 11.8. The lowest BCUT2D eigenvalue weighted by atomic mass is 10.2. The van der Waals surface area contributed by atoms with Gasteiger partial charge in [-0.1, -0.05) is 0 Å². The predicted molar refractivity (Wildman–Crippen MR) is 85.6 cm³/mol. The number of benzene rings is 2. The third kappa shape index (κ3) is 3.80. The molecular weight excluding hydrogens is 304 g/mol. The van der Waals surface area contributed by atoms with E-state index in [1.165, 1.54) is 12.1 Å². The summed E-state index contributed by atoms with van der Waals surface area (Å²) in [6.45, 7) is 0. The Bertz CT molecular complexity index is 799. The standard InChI is InChI=1S/C14H16N4O3S/c1-18(2)12-7-8-13(14(9-12)22(19,20)21)17-16-11-5-3-10(15)4-6-11/h3-9H,15H2,1-2H3,(H,19,20,21). The fourth-order valence-electron chi connectivity index (χ4n) is 1.72. The van der Waals surface area contributed by atoms with Crippen LogP contribution in [0.25, 0.3) is 0 Å². The minimum Gasteiger partial charge on any atom is -0.399 e. The van der Waals surface area contributed by atoms with Gasteiger partial charge in [0.2, 0.25) is 0 Å². The van der Waals surface area contributed by atoms with Gasteiger partial charge in [0.15, 0.2) is 0 Å². The van der Waals surface area contributed by atoms with Crippen LogP contribution in [0.1, 0.15) is 0 Å². The molecule has 3 N–H and O–H groups in total. The Morgan fingerprint density at radius 2 is 1.68 bits per heavy atom. The first-order valence-electron chi connectivity index (χ1n) is 6.33. The number of nitrogens with zero attached hydrogens (tertiary/aromatic N) is 3. The minimum absolute atomic E-state index is 0.0601. The molecule has 0 aliphatic heterocycles. The fraction of sp³-hybridized carbons (Fsp3) is 0.143. The van der Waals surface area contributed by atoms with Crippen molar-refractivity contribution in [2.75, 3.05) is 24.7 Å². The molecule has 0 saturated heterocycles. The van der Waals surface area contributed by atoms with Crippen molar-refractivity contribution in [2.24, 2.45) is 10.2 Å². The maximum atomic E-state index is 11.5. The second kappa shape index (κ2) is 6.12. The first-order chi connectivity index (χ1) is 10.3. The number of nitrogens with two attached hydrogens (primary N) is 1. The number of anilines is 2. The summed E-state index contributed by atoms with van der Waals surface area (Å²) in [4.78, 5) is 1.42. The van der Waals surface area contributed by atoms with Crippen LogP contribution in [-0.4, -0.2) is 27.1 Å². The zero-order valence-electron chi connectivity index (χ0n) is 12.1. The number of hydrogen-bond donors (Lipinski definition) is 2. The highest BCUT2D eigenvalue weighted by atomic mass is 32.2. The van der Waals surface area contributed by atoms with Crippen LogP contribution < -0.4 is 10.6 Å². The van der Waals surface area contributed by atoms with Crippen LogP contribution in [-0.2, 0) is 10.1 Å². The van der Waals surface area contributed by atoms with Crippen LogP contribution in [0.5, 0.6) is 0 Å². The maximum Gasteiger partial charge on any atom is 0.296 e. The third-order valence-corrected chi connectivity index (χ3v) is 3.79. The Balaban J connectivity index is 2.44. The van der Waals surface area contributed by atoms with E-state index in [-0.39, 0.29) is 10.6 Å². The van der Waals surface area contributed by atoms with E-state index >= 15 is 0 Å². The molecule has 2 aromatic rings. The molecule has 0 spiro atoms. The van der Waals surface area contributed by atoms with Crippen molar-refractivity contribution in [3.8, 4) is 0 Å². The Hall–Kier alpha value is -2.45. The Morgan fingerprint density at radius 3 is 2.23 bits per heavy atom. The van der Waals surface area contributed by atoms with Gasteiger partial charge in [-0.05, 0) is 42.5 Å². The van der Waals surface area contributed by atoms with E-state index in [0.29, 0.717) is 17.1 Å². The van der Waals surface area contributed by atoms with Crippen LogP contribution in [0, 0.1) is 0 Å². The van der Waals surface area contributed by atoms with Crippen LogP contribution in [0.3, 0.4) is 0 Å². The molecule has 8 heteroatoms. The molecule has 0 bridgehead atoms. The summed E-state index contributed by atoms with van der Waals surface area (Å²) < 4.78 is 32.4. The quantitative estimate of drug-likeness (QED) is 0.511. The van der Waals surface area contributed by atoms with Crippen molar-refractivity contribution in [3.05, 3.63) is 42.5 Å². The second-order valence-corrected chi connectivity index (χ2v) is 6.20. The van der Waals surface area contributed by atoms with Crippen LogP contribution >= 0.6 is 0 Å². The summed E-state index contributed by atoms with van der Waals surface area (Å²) in [6, 6.07) is 11.1. The Morgan fingerprint density at radius 1 is 1.05 bits per heavy atom. The lowest BCUT2D eigenvalue weighted by Gasteiger charge is -2.13. The summed E-state index contributed by atoms with van der Waals surface area (Å²) in [6.07, 6.45) is 0. The average molecular weight is 320 g/mol. The van der Waals surface area contributed by atoms with Crippen molar-refractivity contribution in [1.29, 1.82) is 0 Å². The summed E-state index contributed by atoms with van der Waals surface area (Å²) >= 11 is 0. The molecule has 0 amide bonds. The highest BCUT2D eigenvalue weighted by Crippen LogP contribution is 2.30. The van der Waals surface area contributed by atoms with Gasteiger partial charge in [-0.2, -0.15) is 13.5 Å². The van der Waals surface area contributed by atoms with Crippen LogP contribution in [0.4, 0.5) is 22.7 Å². The molecule has 7 nitrogen and oxygen atoms in total. The van der Waals surface area contributed by atoms with Crippen molar-refractivity contribution < 1.29 is 13.0 Å². The van der Waals surface area contributed by atoms with Crippen molar-refractivity contribution in [2.45, 2.75) is 4.90 Å². The smallest absolute Gasteiger partial charge is 0.296 e. The van der Waals surface area contributed by atoms with Gasteiger partial charge in [0.1, 0.15) is 10.6 Å². The highest BCUT2D eigenvalue weighted by Gasteiger charge is 2.17. The average Bonchev–Trinajstić information content (AvgIpc) is 2.45. The van der Waals surface area contributed by atoms with Crippen molar-refractivity contribution >= 4 is 32.9 Å². The monoisotopic (exact) mass is 320 g/mol. The molecule has 0 aliphatic rings. The van der Waals surface area contributed by atoms with E-state index in [2.05, 4.69) is 10.2 Å². The van der Waals surface area contributed by atoms with Crippen molar-refractivity contribution in [1.82, 2.24) is 0 Å². The predicted octanol–water partition coefficient (Wildman–Crippen LogP) is 3.00. The lowest BCUT2D eigenvalue weighted by Crippen LogP contribution is -2.09. The van der Waals surface area contributed by atoms with Gasteiger partial charge in [-0.25, -0.2) is 0 Å². The number of hydrogen-bond acceptors (Lipinski definition) is 6. The molecule has 0 radical (unpaired) electrons. The van der Waals surface area contributed by atoms with E-state index in [9.17, 15) is 13.0 Å². The zero-order valence-corrected chi connectivity index (χ0v) is 12.9. The largest absolute Gasteiger partial charge is 0.399 e. The van der Waals surface area contributed by atoms with Crippen molar-refractivity contribution in [3.63, 3.8) is 0 Å². The lowest BCUT2D eigenvalue weighted by molar-refractivity contribution is 0.483. The highest BCUT2D eigenvalue weighted by molar-refractivity contribution is 7.86. The molecule has 0 aromatic heterocycles. The summed E-state index contributed by atoms with van der Waals surface area (Å²) in [5.74, 6) is 0. The van der Waals surface area contributed by atoms with E-state index in [4.69, 9.17) is 5.73 Å². The number of nitrogen functional groups attached to an aromatic ring is 1. The molecule has 22 heavy (non-hydrogen) atoms. The summed E-state index contributed by atoms with van der Waals surface area (Å²) in [7, 11) is -0.876. The molecule has 2 rings (SSSR count). The topological polar surface area (TPSA) is 108 Å². The van der Waals surface area contributed by atoms with E-state index < -0.39 is 10.1 Å². The first kappa shape index (κ1) is 15.9. The van der Waals surface area contributed by atoms with Gasteiger partial charge in [-0.3, -0.25) is 4.55 Å².